The predicted octanol–water partition coefficient (Wildman–Crippen LogP) is 2.45. The van der Waals surface area contributed by atoms with Gasteiger partial charge >= 0.3 is 0 Å². The number of aliphatic hydroxyl groups is 1. The number of hydrogen-bond acceptors (Lipinski definition) is 3. The third-order valence-electron chi connectivity index (χ3n) is 4.41. The van der Waals surface area contributed by atoms with Gasteiger partial charge in [0, 0.05) is 18.8 Å². The molecule has 4 nitrogen and oxygen atoms in total. The molecule has 1 aliphatic rings. The summed E-state index contributed by atoms with van der Waals surface area (Å²) in [4.78, 5) is 2.45. The van der Waals surface area contributed by atoms with E-state index in [-0.39, 0.29) is 6.10 Å². The highest BCUT2D eigenvalue weighted by Crippen LogP contribution is 2.21. The lowest BCUT2D eigenvalue weighted by Crippen LogP contribution is -2.36. The highest BCUT2D eigenvalue weighted by Gasteiger charge is 2.22. The van der Waals surface area contributed by atoms with Crippen LogP contribution < -0.4 is 0 Å². The first-order valence-electron chi connectivity index (χ1n) is 7.54. The number of hydrogen-bond donors (Lipinski definition) is 1. The second-order valence-corrected chi connectivity index (χ2v) is 5.90. The summed E-state index contributed by atoms with van der Waals surface area (Å²) in [5.74, 6) is 0.480. The maximum atomic E-state index is 9.61. The van der Waals surface area contributed by atoms with Gasteiger partial charge in [0.25, 0.3) is 0 Å². The van der Waals surface area contributed by atoms with Crippen molar-refractivity contribution in [3.05, 3.63) is 18.0 Å². The van der Waals surface area contributed by atoms with Crippen molar-refractivity contribution < 1.29 is 5.11 Å². The predicted molar refractivity (Wildman–Crippen MR) is 76.9 cm³/mol. The molecule has 1 aromatic rings. The molecule has 0 aliphatic carbocycles. The number of aliphatic hydroxyl groups excluding tert-OH is 1. The minimum absolute atomic E-state index is 0.160. The van der Waals surface area contributed by atoms with Crippen molar-refractivity contribution in [1.82, 2.24) is 14.7 Å². The minimum atomic E-state index is -0.160. The molecule has 0 radical (unpaired) electrons. The Hall–Kier alpha value is -0.870. The molecule has 2 heterocycles. The maximum absolute atomic E-state index is 9.61. The van der Waals surface area contributed by atoms with Crippen molar-refractivity contribution in [1.29, 1.82) is 0 Å². The second-order valence-electron chi connectivity index (χ2n) is 5.90. The van der Waals surface area contributed by atoms with Crippen LogP contribution in [0.5, 0.6) is 0 Å². The SMILES string of the molecule is CCC(C)n1ccc(CN2CCC(C(C)O)CC2)n1. The van der Waals surface area contributed by atoms with E-state index in [4.69, 9.17) is 0 Å². The highest BCUT2D eigenvalue weighted by molar-refractivity contribution is 5.00. The third-order valence-corrected chi connectivity index (χ3v) is 4.41. The van der Waals surface area contributed by atoms with Gasteiger partial charge in [0.05, 0.1) is 11.8 Å². The fourth-order valence-electron chi connectivity index (χ4n) is 2.72. The molecule has 0 saturated carbocycles. The van der Waals surface area contributed by atoms with Crippen LogP contribution in [-0.4, -0.2) is 39.0 Å². The van der Waals surface area contributed by atoms with Gasteiger partial charge in [-0.05, 0) is 58.2 Å². The molecule has 0 bridgehead atoms. The molecular weight excluding hydrogens is 238 g/mol. The molecular formula is C15H27N3O. The summed E-state index contributed by atoms with van der Waals surface area (Å²) in [5, 5.41) is 14.3. The van der Waals surface area contributed by atoms with E-state index >= 15 is 0 Å². The van der Waals surface area contributed by atoms with E-state index in [2.05, 4.69) is 40.8 Å². The molecule has 2 rings (SSSR count). The van der Waals surface area contributed by atoms with E-state index in [1.807, 2.05) is 6.92 Å². The molecule has 108 valence electrons. The first kappa shape index (κ1) is 14.5. The summed E-state index contributed by atoms with van der Waals surface area (Å²) in [6.07, 6.45) is 5.24. The summed E-state index contributed by atoms with van der Waals surface area (Å²) in [6.45, 7) is 9.39. The zero-order chi connectivity index (χ0) is 13.8. The minimum Gasteiger partial charge on any atom is -0.393 e. The zero-order valence-electron chi connectivity index (χ0n) is 12.4. The van der Waals surface area contributed by atoms with Crippen LogP contribution in [0.1, 0.15) is 51.8 Å². The van der Waals surface area contributed by atoms with Crippen LogP contribution in [0.15, 0.2) is 12.3 Å². The fraction of sp³-hybridized carbons (Fsp3) is 0.800. The lowest BCUT2D eigenvalue weighted by molar-refractivity contribution is 0.0690. The molecule has 1 aromatic heterocycles. The van der Waals surface area contributed by atoms with Crippen LogP contribution in [0.25, 0.3) is 0 Å². The Bertz CT molecular complexity index is 380. The Morgan fingerprint density at radius 3 is 2.63 bits per heavy atom. The molecule has 1 fully saturated rings. The Morgan fingerprint density at radius 1 is 1.37 bits per heavy atom. The molecule has 4 heteroatoms. The van der Waals surface area contributed by atoms with Gasteiger partial charge in [-0.2, -0.15) is 5.10 Å². The zero-order valence-corrected chi connectivity index (χ0v) is 12.4. The first-order valence-corrected chi connectivity index (χ1v) is 7.54. The normalized spacial score (nSPS) is 21.5. The molecule has 0 aromatic carbocycles. The van der Waals surface area contributed by atoms with E-state index in [9.17, 15) is 5.11 Å². The van der Waals surface area contributed by atoms with E-state index in [0.29, 0.717) is 12.0 Å². The third kappa shape index (κ3) is 3.80. The van der Waals surface area contributed by atoms with Gasteiger partial charge in [-0.25, -0.2) is 0 Å². The number of rotatable bonds is 5. The van der Waals surface area contributed by atoms with Gasteiger partial charge in [0.1, 0.15) is 0 Å². The Balaban J connectivity index is 1.84. The molecule has 1 saturated heterocycles. The Kier molecular flexibility index (Phi) is 4.99. The van der Waals surface area contributed by atoms with Gasteiger partial charge in [-0.15, -0.1) is 0 Å². The monoisotopic (exact) mass is 265 g/mol. The van der Waals surface area contributed by atoms with Crippen molar-refractivity contribution in [2.75, 3.05) is 13.1 Å². The number of piperidine rings is 1. The number of likely N-dealkylation sites (tertiary alicyclic amines) is 1. The summed E-state index contributed by atoms with van der Waals surface area (Å²) in [7, 11) is 0. The Morgan fingerprint density at radius 2 is 2.05 bits per heavy atom. The quantitative estimate of drug-likeness (QED) is 0.889. The lowest BCUT2D eigenvalue weighted by Gasteiger charge is -2.32. The summed E-state index contributed by atoms with van der Waals surface area (Å²) in [6, 6.07) is 2.61. The van der Waals surface area contributed by atoms with Gasteiger partial charge in [0.2, 0.25) is 0 Å². The van der Waals surface area contributed by atoms with E-state index in [1.165, 1.54) is 0 Å². The molecule has 1 aliphatic heterocycles. The van der Waals surface area contributed by atoms with Crippen molar-refractivity contribution in [2.24, 2.45) is 5.92 Å². The van der Waals surface area contributed by atoms with Crippen LogP contribution in [-0.2, 0) is 6.54 Å². The summed E-state index contributed by atoms with van der Waals surface area (Å²) in [5.41, 5.74) is 1.16. The lowest BCUT2D eigenvalue weighted by atomic mass is 9.92. The summed E-state index contributed by atoms with van der Waals surface area (Å²) < 4.78 is 2.07. The highest BCUT2D eigenvalue weighted by atomic mass is 16.3. The molecule has 2 atom stereocenters. The molecule has 0 spiro atoms. The van der Waals surface area contributed by atoms with Gasteiger partial charge in [0.15, 0.2) is 0 Å². The van der Waals surface area contributed by atoms with E-state index in [1.54, 1.807) is 0 Å². The van der Waals surface area contributed by atoms with Gasteiger partial charge < -0.3 is 5.11 Å². The molecule has 2 unspecified atom stereocenters. The van der Waals surface area contributed by atoms with Crippen LogP contribution >= 0.6 is 0 Å². The van der Waals surface area contributed by atoms with Crippen molar-refractivity contribution in [3.63, 3.8) is 0 Å². The molecule has 19 heavy (non-hydrogen) atoms. The van der Waals surface area contributed by atoms with Crippen LogP contribution in [0.4, 0.5) is 0 Å². The largest absolute Gasteiger partial charge is 0.393 e. The van der Waals surface area contributed by atoms with Crippen LogP contribution in [0.2, 0.25) is 0 Å². The standard InChI is InChI=1S/C15H27N3O/c1-4-12(2)18-10-7-15(16-18)11-17-8-5-14(6-9-17)13(3)19/h7,10,12-14,19H,4-6,8-9,11H2,1-3H3. The van der Waals surface area contributed by atoms with Crippen LogP contribution in [0.3, 0.4) is 0 Å². The fourth-order valence-corrected chi connectivity index (χ4v) is 2.72. The molecule has 1 N–H and O–H groups in total. The summed E-state index contributed by atoms with van der Waals surface area (Å²) >= 11 is 0. The van der Waals surface area contributed by atoms with Crippen LogP contribution in [0, 0.1) is 5.92 Å². The van der Waals surface area contributed by atoms with Gasteiger partial charge in [-0.1, -0.05) is 6.92 Å². The average Bonchev–Trinajstić information content (AvgIpc) is 2.87. The second kappa shape index (κ2) is 6.53. The maximum Gasteiger partial charge on any atom is 0.0764 e. The smallest absolute Gasteiger partial charge is 0.0764 e. The first-order chi connectivity index (χ1) is 9.10. The Labute approximate surface area is 116 Å². The van der Waals surface area contributed by atoms with E-state index in [0.717, 1.165) is 44.6 Å². The van der Waals surface area contributed by atoms with Crippen molar-refractivity contribution in [3.8, 4) is 0 Å². The van der Waals surface area contributed by atoms with Crippen molar-refractivity contribution in [2.45, 2.75) is 58.7 Å². The van der Waals surface area contributed by atoms with Gasteiger partial charge in [-0.3, -0.25) is 9.58 Å². The number of aromatic nitrogens is 2. The number of nitrogens with zero attached hydrogens (tertiary/aromatic N) is 3. The van der Waals surface area contributed by atoms with E-state index < -0.39 is 0 Å². The topological polar surface area (TPSA) is 41.3 Å². The molecule has 0 amide bonds. The average molecular weight is 265 g/mol. The van der Waals surface area contributed by atoms with Crippen molar-refractivity contribution >= 4 is 0 Å².